The van der Waals surface area contributed by atoms with E-state index in [1.165, 1.54) is 23.9 Å². The molecule has 0 saturated carbocycles. The van der Waals surface area contributed by atoms with Gasteiger partial charge >= 0.3 is 0 Å². The summed E-state index contributed by atoms with van der Waals surface area (Å²) in [6.07, 6.45) is 0. The van der Waals surface area contributed by atoms with Gasteiger partial charge in [-0.25, -0.2) is 0 Å². The molecule has 1 aromatic rings. The fraction of sp³-hybridized carbons (Fsp3) is 0.222. The first-order valence-corrected chi connectivity index (χ1v) is 5.07. The lowest BCUT2D eigenvalue weighted by Crippen LogP contribution is -1.88. The molecule has 0 aliphatic carbocycles. The normalized spacial score (nSPS) is 9.36. The molecule has 0 aromatic heterocycles. The van der Waals surface area contributed by atoms with Crippen LogP contribution in [-0.4, -0.2) is 10.7 Å². The Hall–Kier alpha value is -1.54. The van der Waals surface area contributed by atoms with E-state index in [9.17, 15) is 10.1 Å². The van der Waals surface area contributed by atoms with Crippen molar-refractivity contribution in [3.05, 3.63) is 39.9 Å². The van der Waals surface area contributed by atoms with Gasteiger partial charge in [0, 0.05) is 17.9 Å². The molecule has 1 rings (SSSR count). The van der Waals surface area contributed by atoms with Crippen molar-refractivity contribution in [3.63, 3.8) is 0 Å². The Bertz CT molecular complexity index is 356. The minimum absolute atomic E-state index is 0.0963. The van der Waals surface area contributed by atoms with E-state index in [1.54, 1.807) is 12.1 Å². The molecule has 0 aliphatic rings. The van der Waals surface area contributed by atoms with Crippen LogP contribution >= 0.6 is 11.8 Å². The first-order valence-electron chi connectivity index (χ1n) is 3.92. The molecule has 0 bridgehead atoms. The molecule has 0 heterocycles. The monoisotopic (exact) mass is 208 g/mol. The van der Waals surface area contributed by atoms with Crippen LogP contribution < -0.4 is 0 Å². The Morgan fingerprint density at radius 2 is 2.07 bits per heavy atom. The zero-order valence-electron chi connectivity index (χ0n) is 7.34. The van der Waals surface area contributed by atoms with Crippen molar-refractivity contribution in [3.8, 4) is 6.07 Å². The highest BCUT2D eigenvalue weighted by atomic mass is 32.2. The summed E-state index contributed by atoms with van der Waals surface area (Å²) in [5, 5.41) is 18.6. The van der Waals surface area contributed by atoms with Crippen molar-refractivity contribution >= 4 is 17.4 Å². The molecule has 0 fully saturated rings. The van der Waals surface area contributed by atoms with Gasteiger partial charge < -0.3 is 0 Å². The van der Waals surface area contributed by atoms with Crippen LogP contribution in [0.5, 0.6) is 0 Å². The van der Waals surface area contributed by atoms with Crippen LogP contribution in [0.15, 0.2) is 24.3 Å². The first-order chi connectivity index (χ1) is 6.74. The Kier molecular flexibility index (Phi) is 3.95. The lowest BCUT2D eigenvalue weighted by Gasteiger charge is -1.97. The second kappa shape index (κ2) is 5.25. The molecule has 5 heteroatoms. The van der Waals surface area contributed by atoms with E-state index < -0.39 is 4.92 Å². The summed E-state index contributed by atoms with van der Waals surface area (Å²) in [6, 6.07) is 8.39. The molecule has 0 N–H and O–H groups in total. The summed E-state index contributed by atoms with van der Waals surface area (Å²) in [5.41, 5.74) is 1.09. The van der Waals surface area contributed by atoms with Crippen LogP contribution in [0.2, 0.25) is 0 Å². The number of hydrogen-bond donors (Lipinski definition) is 0. The number of hydrogen-bond acceptors (Lipinski definition) is 4. The van der Waals surface area contributed by atoms with Gasteiger partial charge in [-0.05, 0) is 5.56 Å². The van der Waals surface area contributed by atoms with Gasteiger partial charge in [-0.2, -0.15) is 5.26 Å². The highest BCUT2D eigenvalue weighted by Crippen LogP contribution is 2.16. The average molecular weight is 208 g/mol. The lowest BCUT2D eigenvalue weighted by atomic mass is 10.2. The third-order valence-electron chi connectivity index (χ3n) is 1.58. The molecule has 0 saturated heterocycles. The van der Waals surface area contributed by atoms with Gasteiger partial charge in [-0.3, -0.25) is 10.1 Å². The van der Waals surface area contributed by atoms with Crippen LogP contribution in [0.3, 0.4) is 0 Å². The summed E-state index contributed by atoms with van der Waals surface area (Å²) in [5.74, 6) is 1.16. The van der Waals surface area contributed by atoms with Gasteiger partial charge in [0.1, 0.15) is 0 Å². The maximum absolute atomic E-state index is 10.3. The molecule has 14 heavy (non-hydrogen) atoms. The van der Waals surface area contributed by atoms with E-state index in [0.29, 0.717) is 11.5 Å². The quantitative estimate of drug-likeness (QED) is 0.432. The van der Waals surface area contributed by atoms with Crippen LogP contribution in [-0.2, 0) is 5.75 Å². The summed E-state index contributed by atoms with van der Waals surface area (Å²) in [7, 11) is 0. The van der Waals surface area contributed by atoms with E-state index in [2.05, 4.69) is 0 Å². The number of rotatable bonds is 4. The van der Waals surface area contributed by atoms with Crippen molar-refractivity contribution in [1.29, 1.82) is 5.26 Å². The fourth-order valence-corrected chi connectivity index (χ4v) is 1.55. The SMILES string of the molecule is N#CCSCc1ccc([N+](=O)[O-])cc1. The summed E-state index contributed by atoms with van der Waals surface area (Å²) in [6.45, 7) is 0. The smallest absolute Gasteiger partial charge is 0.258 e. The average Bonchev–Trinajstić information content (AvgIpc) is 2.19. The van der Waals surface area contributed by atoms with E-state index in [-0.39, 0.29) is 5.69 Å². The highest BCUT2D eigenvalue weighted by molar-refractivity contribution is 7.98. The van der Waals surface area contributed by atoms with Crippen molar-refractivity contribution in [2.45, 2.75) is 5.75 Å². The topological polar surface area (TPSA) is 66.9 Å². The molecule has 0 radical (unpaired) electrons. The van der Waals surface area contributed by atoms with Gasteiger partial charge in [-0.15, -0.1) is 11.8 Å². The van der Waals surface area contributed by atoms with E-state index in [4.69, 9.17) is 5.26 Å². The lowest BCUT2D eigenvalue weighted by molar-refractivity contribution is -0.384. The molecule has 0 aliphatic heterocycles. The maximum Gasteiger partial charge on any atom is 0.269 e. The molecule has 4 nitrogen and oxygen atoms in total. The number of non-ortho nitro benzene ring substituents is 1. The Labute approximate surface area is 85.7 Å². The van der Waals surface area contributed by atoms with Crippen molar-refractivity contribution < 1.29 is 4.92 Å². The molecule has 72 valence electrons. The molecule has 0 atom stereocenters. The molecular formula is C9H8N2O2S. The predicted molar refractivity (Wildman–Crippen MR) is 54.9 cm³/mol. The zero-order valence-corrected chi connectivity index (χ0v) is 8.16. The number of nitro benzene ring substituents is 1. The molecule has 0 unspecified atom stereocenters. The van der Waals surface area contributed by atoms with E-state index >= 15 is 0 Å². The Morgan fingerprint density at radius 3 is 2.57 bits per heavy atom. The molecule has 0 amide bonds. The third-order valence-corrected chi connectivity index (χ3v) is 2.45. The van der Waals surface area contributed by atoms with Gasteiger partial charge in [0.05, 0.1) is 16.7 Å². The van der Waals surface area contributed by atoms with Crippen molar-refractivity contribution in [2.75, 3.05) is 5.75 Å². The number of nitro groups is 1. The van der Waals surface area contributed by atoms with Gasteiger partial charge in [0.15, 0.2) is 0 Å². The number of nitriles is 1. The Morgan fingerprint density at radius 1 is 1.43 bits per heavy atom. The molecule has 1 aromatic carbocycles. The molecule has 0 spiro atoms. The summed E-state index contributed by atoms with van der Waals surface area (Å²) in [4.78, 5) is 9.91. The number of nitrogens with zero attached hydrogens (tertiary/aromatic N) is 2. The first kappa shape index (κ1) is 10.5. The largest absolute Gasteiger partial charge is 0.269 e. The van der Waals surface area contributed by atoms with Crippen LogP contribution in [0.4, 0.5) is 5.69 Å². The fourth-order valence-electron chi connectivity index (χ4n) is 0.928. The predicted octanol–water partition coefficient (Wildman–Crippen LogP) is 2.35. The second-order valence-electron chi connectivity index (χ2n) is 2.57. The van der Waals surface area contributed by atoms with Crippen LogP contribution in [0.25, 0.3) is 0 Å². The van der Waals surface area contributed by atoms with Gasteiger partial charge in [0.25, 0.3) is 5.69 Å². The number of benzene rings is 1. The summed E-state index contributed by atoms with van der Waals surface area (Å²) >= 11 is 1.49. The number of thioether (sulfide) groups is 1. The zero-order chi connectivity index (χ0) is 10.4. The third kappa shape index (κ3) is 3.07. The Balaban J connectivity index is 2.56. The minimum atomic E-state index is -0.424. The van der Waals surface area contributed by atoms with Crippen molar-refractivity contribution in [2.24, 2.45) is 0 Å². The van der Waals surface area contributed by atoms with Crippen LogP contribution in [0.1, 0.15) is 5.56 Å². The highest BCUT2D eigenvalue weighted by Gasteiger charge is 2.03. The summed E-state index contributed by atoms with van der Waals surface area (Å²) < 4.78 is 0. The van der Waals surface area contributed by atoms with Crippen molar-refractivity contribution in [1.82, 2.24) is 0 Å². The van der Waals surface area contributed by atoms with Gasteiger partial charge in [-0.1, -0.05) is 12.1 Å². The second-order valence-corrected chi connectivity index (χ2v) is 3.56. The standard InChI is InChI=1S/C9H8N2O2S/c10-5-6-14-7-8-1-3-9(4-2-8)11(12)13/h1-4H,6-7H2. The van der Waals surface area contributed by atoms with Gasteiger partial charge in [0.2, 0.25) is 0 Å². The maximum atomic E-state index is 10.3. The van der Waals surface area contributed by atoms with Crippen LogP contribution in [0, 0.1) is 21.4 Å². The minimum Gasteiger partial charge on any atom is -0.258 e. The molecular weight excluding hydrogens is 200 g/mol. The van der Waals surface area contributed by atoms with E-state index in [1.807, 2.05) is 6.07 Å². The van der Waals surface area contributed by atoms with E-state index in [0.717, 1.165) is 5.56 Å².